The van der Waals surface area contributed by atoms with Crippen LogP contribution < -0.4 is 10.1 Å². The Balaban J connectivity index is 1.94. The van der Waals surface area contributed by atoms with Crippen molar-refractivity contribution in [2.45, 2.75) is 16.3 Å². The number of carbonyl (C=O) groups is 2. The summed E-state index contributed by atoms with van der Waals surface area (Å²) in [4.78, 5) is 30.2. The van der Waals surface area contributed by atoms with Crippen LogP contribution in [0.1, 0.15) is 10.8 Å². The molecule has 7 nitrogen and oxygen atoms in total. The minimum Gasteiger partial charge on any atom is -0.507 e. The van der Waals surface area contributed by atoms with E-state index in [1.165, 1.54) is 34.8 Å². The summed E-state index contributed by atoms with van der Waals surface area (Å²) in [5.74, 6) is -0.468. The second-order valence-electron chi connectivity index (χ2n) is 4.88. The third-order valence-electron chi connectivity index (χ3n) is 3.73. The quantitative estimate of drug-likeness (QED) is 0.686. The van der Waals surface area contributed by atoms with E-state index in [1.54, 1.807) is 6.07 Å². The molecule has 4 aliphatic rings. The topological polar surface area (TPSA) is 88.1 Å². The van der Waals surface area contributed by atoms with Gasteiger partial charge in [-0.15, -0.1) is 0 Å². The summed E-state index contributed by atoms with van der Waals surface area (Å²) in [5.41, 5.74) is -0.888. The minimum atomic E-state index is -1.61. The molecular weight excluding hydrogens is 396 g/mol. The molecule has 0 radical (unpaired) electrons. The van der Waals surface area contributed by atoms with E-state index in [2.05, 4.69) is 21.2 Å². The average molecular weight is 405 g/mol. The van der Waals surface area contributed by atoms with Crippen molar-refractivity contribution in [2.24, 2.45) is 0 Å². The summed E-state index contributed by atoms with van der Waals surface area (Å²) in [6, 6.07) is 3.12. The number of fused-ring (bicyclic) bond motifs is 4. The van der Waals surface area contributed by atoms with Crippen molar-refractivity contribution >= 4 is 49.3 Å². The van der Waals surface area contributed by atoms with E-state index in [1.807, 2.05) is 0 Å². The molecule has 2 N–H and O–H groups in total. The second kappa shape index (κ2) is 4.70. The van der Waals surface area contributed by atoms with Crippen molar-refractivity contribution in [3.05, 3.63) is 22.2 Å². The van der Waals surface area contributed by atoms with Crippen molar-refractivity contribution in [1.29, 1.82) is 0 Å². The maximum atomic E-state index is 12.6. The van der Waals surface area contributed by atoms with E-state index in [0.717, 1.165) is 10.6 Å². The first-order chi connectivity index (χ1) is 10.5. The van der Waals surface area contributed by atoms with Gasteiger partial charge in [0.05, 0.1) is 11.6 Å². The van der Waals surface area contributed by atoms with Crippen molar-refractivity contribution in [3.63, 3.8) is 0 Å². The number of aromatic hydroxyl groups is 1. The summed E-state index contributed by atoms with van der Waals surface area (Å²) in [6.07, 6.45) is 0. The predicted octanol–water partition coefficient (Wildman–Crippen LogP) is 1.53. The number of piperazine rings is 1. The lowest BCUT2D eigenvalue weighted by atomic mass is 10.0. The van der Waals surface area contributed by atoms with Gasteiger partial charge in [0.1, 0.15) is 16.7 Å². The zero-order chi connectivity index (χ0) is 15.6. The lowest BCUT2D eigenvalue weighted by Crippen LogP contribution is -2.71. The van der Waals surface area contributed by atoms with Gasteiger partial charge in [-0.05, 0) is 22.0 Å². The highest BCUT2D eigenvalue weighted by Gasteiger charge is 2.67. The molecule has 3 fully saturated rings. The van der Waals surface area contributed by atoms with E-state index in [4.69, 9.17) is 9.57 Å². The molecule has 1 unspecified atom stereocenters. The monoisotopic (exact) mass is 404 g/mol. The largest absolute Gasteiger partial charge is 0.507 e. The van der Waals surface area contributed by atoms with Gasteiger partial charge in [0, 0.05) is 11.6 Å². The molecule has 4 heterocycles. The SMILES string of the molecule is CON1C(=O)C2NC(=O)[C@@]13Oc1cc(O)c(Br)cc1[C@@H]3SS2. The fourth-order valence-electron chi connectivity index (χ4n) is 2.76. The third-order valence-corrected chi connectivity index (χ3v) is 7.24. The van der Waals surface area contributed by atoms with Crippen molar-refractivity contribution in [3.8, 4) is 11.5 Å². The Morgan fingerprint density at radius 2 is 2.23 bits per heavy atom. The maximum Gasteiger partial charge on any atom is 0.303 e. The maximum absolute atomic E-state index is 12.6. The van der Waals surface area contributed by atoms with E-state index < -0.39 is 22.3 Å². The zero-order valence-electron chi connectivity index (χ0n) is 11.0. The molecule has 116 valence electrons. The zero-order valence-corrected chi connectivity index (χ0v) is 14.3. The van der Waals surface area contributed by atoms with Gasteiger partial charge in [-0.3, -0.25) is 14.4 Å². The van der Waals surface area contributed by atoms with Gasteiger partial charge in [-0.25, -0.2) is 0 Å². The van der Waals surface area contributed by atoms with Crippen molar-refractivity contribution < 1.29 is 24.3 Å². The Labute approximate surface area is 141 Å². The molecule has 3 saturated heterocycles. The van der Waals surface area contributed by atoms with E-state index >= 15 is 0 Å². The number of benzene rings is 1. The van der Waals surface area contributed by atoms with E-state index in [9.17, 15) is 14.7 Å². The van der Waals surface area contributed by atoms with E-state index in [-0.39, 0.29) is 11.7 Å². The number of halogens is 1. The molecule has 1 aromatic carbocycles. The third kappa shape index (κ3) is 1.63. The first-order valence-corrected chi connectivity index (χ1v) is 9.28. The van der Waals surface area contributed by atoms with Crippen molar-refractivity contribution in [2.75, 3.05) is 7.11 Å². The number of ether oxygens (including phenoxy) is 1. The standard InChI is InChI=1S/C12H9BrN2O5S2/c1-19-15-10(17)9-14-11(18)12(15)8(21-22-9)4-2-5(13)6(16)3-7(4)20-12/h2-3,8-9,16H,1H3,(H,14,18)/t8-,9?,12+/m0/s1. The highest BCUT2D eigenvalue weighted by atomic mass is 79.9. The smallest absolute Gasteiger partial charge is 0.303 e. The molecule has 0 saturated carbocycles. The van der Waals surface area contributed by atoms with Crippen LogP contribution in [0.5, 0.6) is 11.5 Å². The molecule has 22 heavy (non-hydrogen) atoms. The molecule has 0 aliphatic carbocycles. The fraction of sp³-hybridized carbons (Fsp3) is 0.333. The Morgan fingerprint density at radius 3 is 2.95 bits per heavy atom. The van der Waals surface area contributed by atoms with Crippen molar-refractivity contribution in [1.82, 2.24) is 10.4 Å². The highest BCUT2D eigenvalue weighted by Crippen LogP contribution is 2.61. The Hall–Kier alpha value is -1.10. The number of nitrogens with one attached hydrogen (secondary N) is 1. The molecule has 0 aromatic heterocycles. The molecule has 2 amide bonds. The Bertz CT molecular complexity index is 717. The first-order valence-electron chi connectivity index (χ1n) is 6.21. The molecule has 4 aliphatic heterocycles. The number of hydrogen-bond donors (Lipinski definition) is 2. The van der Waals surface area contributed by atoms with Gasteiger partial charge >= 0.3 is 5.72 Å². The number of carbonyl (C=O) groups excluding carboxylic acids is 2. The lowest BCUT2D eigenvalue weighted by molar-refractivity contribution is -0.252. The number of hydrogen-bond acceptors (Lipinski definition) is 7. The summed E-state index contributed by atoms with van der Waals surface area (Å²) in [6.45, 7) is 0. The van der Waals surface area contributed by atoms with Crippen LogP contribution in [0.25, 0.3) is 0 Å². The van der Waals surface area contributed by atoms with Crippen LogP contribution in [-0.2, 0) is 14.4 Å². The summed E-state index contributed by atoms with van der Waals surface area (Å²) in [7, 11) is 3.95. The van der Waals surface area contributed by atoms with Gasteiger partial charge in [0.25, 0.3) is 11.8 Å². The molecule has 5 rings (SSSR count). The van der Waals surface area contributed by atoms with Crippen LogP contribution in [0, 0.1) is 0 Å². The summed E-state index contributed by atoms with van der Waals surface area (Å²) in [5, 5.41) is 12.3. The number of amides is 2. The lowest BCUT2D eigenvalue weighted by Gasteiger charge is -2.41. The minimum absolute atomic E-state index is 0.00588. The number of phenolic OH excluding ortho intramolecular Hbond substituents is 1. The molecule has 3 atom stereocenters. The van der Waals surface area contributed by atoms with Gasteiger partial charge in [-0.2, -0.15) is 5.06 Å². The molecule has 1 aromatic rings. The number of hydroxylamine groups is 2. The number of phenols is 1. The van der Waals surface area contributed by atoms with Crippen LogP contribution >= 0.6 is 37.5 Å². The van der Waals surface area contributed by atoms with Crippen LogP contribution in [0.15, 0.2) is 16.6 Å². The van der Waals surface area contributed by atoms with Crippen LogP contribution in [-0.4, -0.2) is 40.2 Å². The van der Waals surface area contributed by atoms with Crippen LogP contribution in [0.4, 0.5) is 0 Å². The molecule has 1 spiro atoms. The van der Waals surface area contributed by atoms with Gasteiger partial charge in [-0.1, -0.05) is 21.6 Å². The summed E-state index contributed by atoms with van der Waals surface area (Å²) < 4.78 is 6.33. The number of nitrogens with zero attached hydrogens (tertiary/aromatic N) is 1. The average Bonchev–Trinajstić information content (AvgIpc) is 2.62. The molecule has 10 heteroatoms. The Kier molecular flexibility index (Phi) is 3.09. The number of rotatable bonds is 1. The fourth-order valence-corrected chi connectivity index (χ4v) is 6.11. The predicted molar refractivity (Wildman–Crippen MR) is 82.9 cm³/mol. The van der Waals surface area contributed by atoms with Gasteiger partial charge < -0.3 is 15.2 Å². The molecule has 2 bridgehead atoms. The van der Waals surface area contributed by atoms with E-state index in [0.29, 0.717) is 10.2 Å². The highest BCUT2D eigenvalue weighted by molar-refractivity contribution is 9.10. The van der Waals surface area contributed by atoms with Gasteiger partial charge in [0.2, 0.25) is 0 Å². The normalized spacial score (nSPS) is 32.2. The second-order valence-corrected chi connectivity index (χ2v) is 8.22. The first kappa shape index (κ1) is 14.5. The summed E-state index contributed by atoms with van der Waals surface area (Å²) >= 11 is 3.26. The van der Waals surface area contributed by atoms with Crippen LogP contribution in [0.3, 0.4) is 0 Å². The van der Waals surface area contributed by atoms with Crippen LogP contribution in [0.2, 0.25) is 0 Å². The van der Waals surface area contributed by atoms with Gasteiger partial charge in [0.15, 0.2) is 5.37 Å². The molecular formula is C12H9BrN2O5S2. The Morgan fingerprint density at radius 1 is 1.45 bits per heavy atom.